The molecule has 23 heavy (non-hydrogen) atoms. The van der Waals surface area contributed by atoms with Crippen LogP contribution in [0.2, 0.25) is 0 Å². The molecule has 120 valence electrons. The minimum atomic E-state index is -0.950. The molecule has 0 aromatic heterocycles. The van der Waals surface area contributed by atoms with Gasteiger partial charge in [0.1, 0.15) is 17.6 Å². The first kappa shape index (κ1) is 16.5. The average Bonchev–Trinajstić information content (AvgIpc) is 2.54. The van der Waals surface area contributed by atoms with Gasteiger partial charge < -0.3 is 15.8 Å². The summed E-state index contributed by atoms with van der Waals surface area (Å²) in [5, 5.41) is 2.47. The number of halogens is 1. The summed E-state index contributed by atoms with van der Waals surface area (Å²) in [4.78, 5) is 23.7. The summed E-state index contributed by atoms with van der Waals surface area (Å²) in [6.45, 7) is 0. The number of ether oxygens (including phenoxy) is 1. The number of benzene rings is 2. The highest BCUT2D eigenvalue weighted by Crippen LogP contribution is 2.14. The Morgan fingerprint density at radius 1 is 1.22 bits per heavy atom. The zero-order valence-electron chi connectivity index (χ0n) is 12.6. The Kier molecular flexibility index (Phi) is 5.30. The molecule has 0 bridgehead atoms. The van der Waals surface area contributed by atoms with Crippen molar-refractivity contribution in [1.82, 2.24) is 5.32 Å². The Morgan fingerprint density at radius 2 is 1.96 bits per heavy atom. The molecular formula is C17H17FN2O3. The lowest BCUT2D eigenvalue weighted by Gasteiger charge is -2.16. The number of nitrogens with one attached hydrogen (secondary N) is 1. The summed E-state index contributed by atoms with van der Waals surface area (Å²) in [6, 6.07) is 11.6. The van der Waals surface area contributed by atoms with E-state index in [1.54, 1.807) is 30.3 Å². The number of amides is 2. The Hall–Kier alpha value is -2.89. The summed E-state index contributed by atoms with van der Waals surface area (Å²) >= 11 is 0. The van der Waals surface area contributed by atoms with Crippen LogP contribution in [0, 0.1) is 5.82 Å². The van der Waals surface area contributed by atoms with Gasteiger partial charge >= 0.3 is 0 Å². The van der Waals surface area contributed by atoms with Crippen LogP contribution < -0.4 is 15.8 Å². The van der Waals surface area contributed by atoms with Gasteiger partial charge in [-0.25, -0.2) is 4.39 Å². The second-order valence-corrected chi connectivity index (χ2v) is 4.96. The van der Waals surface area contributed by atoms with Gasteiger partial charge in [-0.05, 0) is 29.8 Å². The number of nitrogens with two attached hydrogens (primary N) is 1. The first-order chi connectivity index (χ1) is 11.0. The zero-order chi connectivity index (χ0) is 16.8. The van der Waals surface area contributed by atoms with Crippen molar-refractivity contribution in [3.8, 4) is 5.75 Å². The monoisotopic (exact) mass is 316 g/mol. The fourth-order valence-corrected chi connectivity index (χ4v) is 2.14. The molecule has 3 N–H and O–H groups in total. The molecule has 0 aliphatic heterocycles. The normalized spacial score (nSPS) is 11.6. The third-order valence-electron chi connectivity index (χ3n) is 3.34. The van der Waals surface area contributed by atoms with Gasteiger partial charge in [-0.3, -0.25) is 9.59 Å². The van der Waals surface area contributed by atoms with Crippen LogP contribution in [0.5, 0.6) is 5.75 Å². The Morgan fingerprint density at radius 3 is 2.61 bits per heavy atom. The van der Waals surface area contributed by atoms with Crippen molar-refractivity contribution < 1.29 is 18.7 Å². The number of carbonyl (C=O) groups excluding carboxylic acids is 2. The van der Waals surface area contributed by atoms with Gasteiger partial charge in [-0.2, -0.15) is 0 Å². The summed E-state index contributed by atoms with van der Waals surface area (Å²) in [7, 11) is 1.53. The van der Waals surface area contributed by atoms with Crippen LogP contribution in [0.25, 0.3) is 0 Å². The predicted molar refractivity (Wildman–Crippen MR) is 83.5 cm³/mol. The molecule has 0 aliphatic rings. The van der Waals surface area contributed by atoms with Crippen molar-refractivity contribution in [2.75, 3.05) is 7.11 Å². The van der Waals surface area contributed by atoms with Crippen molar-refractivity contribution in [3.05, 3.63) is 65.5 Å². The van der Waals surface area contributed by atoms with Gasteiger partial charge in [0.05, 0.1) is 12.7 Å². The van der Waals surface area contributed by atoms with Gasteiger partial charge in [0.25, 0.3) is 5.91 Å². The van der Waals surface area contributed by atoms with E-state index in [0.717, 1.165) is 5.56 Å². The molecule has 0 aliphatic carbocycles. The molecule has 0 fully saturated rings. The van der Waals surface area contributed by atoms with Gasteiger partial charge in [0, 0.05) is 6.42 Å². The number of primary amides is 1. The molecule has 0 heterocycles. The highest BCUT2D eigenvalue weighted by Gasteiger charge is 2.21. The van der Waals surface area contributed by atoms with E-state index in [9.17, 15) is 14.0 Å². The second kappa shape index (κ2) is 7.40. The van der Waals surface area contributed by atoms with Gasteiger partial charge in [0.15, 0.2) is 0 Å². The summed E-state index contributed by atoms with van der Waals surface area (Å²) in [6.07, 6.45) is 0.187. The maximum Gasteiger partial charge on any atom is 0.254 e. The van der Waals surface area contributed by atoms with Crippen LogP contribution in [0.3, 0.4) is 0 Å². The van der Waals surface area contributed by atoms with Crippen LogP contribution in [-0.2, 0) is 11.2 Å². The predicted octanol–water partition coefficient (Wildman–Crippen LogP) is 1.66. The molecule has 2 amide bonds. The maximum atomic E-state index is 13.6. The minimum absolute atomic E-state index is 0.135. The number of methoxy groups -OCH3 is 1. The van der Waals surface area contributed by atoms with Crippen molar-refractivity contribution >= 4 is 11.8 Å². The molecule has 2 aromatic rings. The van der Waals surface area contributed by atoms with Crippen molar-refractivity contribution in [2.24, 2.45) is 5.73 Å². The second-order valence-electron chi connectivity index (χ2n) is 4.96. The molecule has 5 nitrogen and oxygen atoms in total. The molecule has 0 radical (unpaired) electrons. The molecule has 6 heteroatoms. The molecule has 2 rings (SSSR count). The average molecular weight is 316 g/mol. The third kappa shape index (κ3) is 4.29. The molecular weight excluding hydrogens is 299 g/mol. The first-order valence-corrected chi connectivity index (χ1v) is 6.99. The lowest BCUT2D eigenvalue weighted by atomic mass is 10.0. The Balaban J connectivity index is 2.14. The number of hydrogen-bond donors (Lipinski definition) is 2. The van der Waals surface area contributed by atoms with Crippen LogP contribution in [0.4, 0.5) is 4.39 Å². The molecule has 1 atom stereocenters. The fourth-order valence-electron chi connectivity index (χ4n) is 2.14. The zero-order valence-corrected chi connectivity index (χ0v) is 12.6. The minimum Gasteiger partial charge on any atom is -0.497 e. The number of hydrogen-bond acceptors (Lipinski definition) is 3. The van der Waals surface area contributed by atoms with E-state index in [4.69, 9.17) is 10.5 Å². The molecule has 0 spiro atoms. The van der Waals surface area contributed by atoms with Crippen LogP contribution in [0.15, 0.2) is 48.5 Å². The lowest BCUT2D eigenvalue weighted by Crippen LogP contribution is -2.46. The smallest absolute Gasteiger partial charge is 0.254 e. The van der Waals surface area contributed by atoms with Crippen molar-refractivity contribution in [3.63, 3.8) is 0 Å². The standard InChI is InChI=1S/C17H17FN2O3/c1-23-12-6-4-5-11(9-12)10-15(16(19)21)20-17(22)13-7-2-3-8-14(13)18/h2-9,15H,10H2,1H3,(H2,19,21)(H,20,22)/t15-/m0/s1. The summed E-state index contributed by atoms with van der Waals surface area (Å²) in [5.41, 5.74) is 5.97. The highest BCUT2D eigenvalue weighted by atomic mass is 19.1. The van der Waals surface area contributed by atoms with E-state index >= 15 is 0 Å². The lowest BCUT2D eigenvalue weighted by molar-refractivity contribution is -0.119. The molecule has 2 aromatic carbocycles. The Bertz CT molecular complexity index is 718. The largest absolute Gasteiger partial charge is 0.497 e. The fraction of sp³-hybridized carbons (Fsp3) is 0.176. The van der Waals surface area contributed by atoms with E-state index in [0.29, 0.717) is 5.75 Å². The maximum absolute atomic E-state index is 13.6. The van der Waals surface area contributed by atoms with E-state index in [1.165, 1.54) is 25.3 Å². The summed E-state index contributed by atoms with van der Waals surface area (Å²) < 4.78 is 18.7. The van der Waals surface area contributed by atoms with Gasteiger partial charge in [0.2, 0.25) is 5.91 Å². The van der Waals surface area contributed by atoms with Crippen LogP contribution in [0.1, 0.15) is 15.9 Å². The molecule has 0 unspecified atom stereocenters. The SMILES string of the molecule is COc1cccc(C[C@H](NC(=O)c2ccccc2F)C(N)=O)c1. The van der Waals surface area contributed by atoms with E-state index < -0.39 is 23.7 Å². The number of carbonyl (C=O) groups is 2. The van der Waals surface area contributed by atoms with Crippen LogP contribution in [-0.4, -0.2) is 25.0 Å². The molecule has 0 saturated carbocycles. The van der Waals surface area contributed by atoms with Crippen LogP contribution >= 0.6 is 0 Å². The quantitative estimate of drug-likeness (QED) is 0.850. The molecule has 0 saturated heterocycles. The van der Waals surface area contributed by atoms with E-state index in [1.807, 2.05) is 0 Å². The van der Waals surface area contributed by atoms with E-state index in [2.05, 4.69) is 5.32 Å². The number of rotatable bonds is 6. The highest BCUT2D eigenvalue weighted by molar-refractivity contribution is 5.97. The third-order valence-corrected chi connectivity index (χ3v) is 3.34. The van der Waals surface area contributed by atoms with Crippen molar-refractivity contribution in [1.29, 1.82) is 0 Å². The van der Waals surface area contributed by atoms with Gasteiger partial charge in [-0.15, -0.1) is 0 Å². The van der Waals surface area contributed by atoms with E-state index in [-0.39, 0.29) is 12.0 Å². The summed E-state index contributed by atoms with van der Waals surface area (Å²) in [5.74, 6) is -1.41. The topological polar surface area (TPSA) is 81.4 Å². The van der Waals surface area contributed by atoms with Crippen molar-refractivity contribution in [2.45, 2.75) is 12.5 Å². The Labute approximate surface area is 133 Å². The van der Waals surface area contributed by atoms with Gasteiger partial charge in [-0.1, -0.05) is 24.3 Å². The first-order valence-electron chi connectivity index (χ1n) is 6.99.